The maximum atomic E-state index is 12.7. The van der Waals surface area contributed by atoms with Crippen LogP contribution in [0.3, 0.4) is 0 Å². The minimum atomic E-state index is -0.344. The molecule has 1 saturated heterocycles. The van der Waals surface area contributed by atoms with Crippen molar-refractivity contribution in [3.05, 3.63) is 53.3 Å². The Morgan fingerprint density at radius 1 is 1.31 bits per heavy atom. The third kappa shape index (κ3) is 2.36. The largest absolute Gasteiger partial charge is 0.376 e. The van der Waals surface area contributed by atoms with Crippen LogP contribution in [0.5, 0.6) is 0 Å². The predicted molar refractivity (Wildman–Crippen MR) is 100 cm³/mol. The van der Waals surface area contributed by atoms with Crippen LogP contribution < -0.4 is 10.3 Å². The summed E-state index contributed by atoms with van der Waals surface area (Å²) in [7, 11) is 0. The van der Waals surface area contributed by atoms with Gasteiger partial charge >= 0.3 is 0 Å². The minimum absolute atomic E-state index is 0.00433. The highest BCUT2D eigenvalue weighted by Crippen LogP contribution is 2.36. The molecular weight excluding hydrogens is 328 g/mol. The molecule has 1 N–H and O–H groups in total. The van der Waals surface area contributed by atoms with Crippen molar-refractivity contribution in [1.82, 2.24) is 4.68 Å². The van der Waals surface area contributed by atoms with Gasteiger partial charge in [0, 0.05) is 18.5 Å². The van der Waals surface area contributed by atoms with Crippen molar-refractivity contribution in [3.63, 3.8) is 0 Å². The van der Waals surface area contributed by atoms with Crippen LogP contribution in [0.2, 0.25) is 0 Å². The molecule has 0 bridgehead atoms. The molecule has 0 saturated carbocycles. The first-order valence-corrected chi connectivity index (χ1v) is 9.21. The van der Waals surface area contributed by atoms with Crippen LogP contribution in [0.15, 0.2) is 41.5 Å². The Morgan fingerprint density at radius 2 is 2.19 bits per heavy atom. The lowest BCUT2D eigenvalue weighted by Crippen LogP contribution is -2.46. The monoisotopic (exact) mass is 350 g/mol. The van der Waals surface area contributed by atoms with Crippen LogP contribution >= 0.6 is 0 Å². The summed E-state index contributed by atoms with van der Waals surface area (Å²) in [6.07, 6.45) is 4.57. The van der Waals surface area contributed by atoms with Crippen LogP contribution in [0.1, 0.15) is 35.6 Å². The average molecular weight is 350 g/mol. The summed E-state index contributed by atoms with van der Waals surface area (Å²) in [5, 5.41) is 5.20. The Kier molecular flexibility index (Phi) is 3.60. The highest BCUT2D eigenvalue weighted by molar-refractivity contribution is 6.23. The quantitative estimate of drug-likeness (QED) is 0.925. The van der Waals surface area contributed by atoms with Gasteiger partial charge in [0.05, 0.1) is 24.1 Å². The summed E-state index contributed by atoms with van der Waals surface area (Å²) in [6, 6.07) is 9.98. The molecule has 3 aliphatic rings. The van der Waals surface area contributed by atoms with Crippen molar-refractivity contribution >= 4 is 17.3 Å². The first kappa shape index (κ1) is 15.6. The fraction of sp³-hybridized carbons (Fsp3) is 0.400. The molecule has 2 atom stereocenters. The number of aliphatic imine (C=N–C) groups is 1. The zero-order chi connectivity index (χ0) is 17.7. The van der Waals surface area contributed by atoms with E-state index in [2.05, 4.69) is 34.2 Å². The molecule has 1 aromatic heterocycles. The smallest absolute Gasteiger partial charge is 0.238 e. The first-order chi connectivity index (χ1) is 12.7. The number of rotatable bonds is 3. The predicted octanol–water partition coefficient (Wildman–Crippen LogP) is 2.41. The van der Waals surface area contributed by atoms with Crippen LogP contribution in [0.25, 0.3) is 0 Å². The maximum absolute atomic E-state index is 12.7. The van der Waals surface area contributed by atoms with E-state index in [9.17, 15) is 4.79 Å². The lowest BCUT2D eigenvalue weighted by molar-refractivity contribution is -0.115. The Bertz CT molecular complexity index is 895. The summed E-state index contributed by atoms with van der Waals surface area (Å²) < 4.78 is 7.96. The number of anilines is 1. The highest BCUT2D eigenvalue weighted by Gasteiger charge is 2.38. The number of aromatic nitrogens is 1. The van der Waals surface area contributed by atoms with Gasteiger partial charge in [0.1, 0.15) is 12.6 Å². The molecule has 6 nitrogen and oxygen atoms in total. The van der Waals surface area contributed by atoms with E-state index in [1.165, 1.54) is 0 Å². The number of carbonyl (C=O) groups excluding carboxylic acids is 1. The second kappa shape index (κ2) is 5.99. The van der Waals surface area contributed by atoms with E-state index in [0.29, 0.717) is 6.67 Å². The second-order valence-corrected chi connectivity index (χ2v) is 7.21. The van der Waals surface area contributed by atoms with E-state index in [1.807, 2.05) is 24.3 Å². The number of amides is 1. The normalized spacial score (nSPS) is 24.3. The summed E-state index contributed by atoms with van der Waals surface area (Å²) >= 11 is 0. The molecule has 0 spiro atoms. The van der Waals surface area contributed by atoms with E-state index >= 15 is 0 Å². The topological polar surface area (TPSA) is 58.9 Å². The van der Waals surface area contributed by atoms with Crippen molar-refractivity contribution in [3.8, 4) is 0 Å². The second-order valence-electron chi connectivity index (χ2n) is 7.21. The van der Waals surface area contributed by atoms with Gasteiger partial charge in [-0.05, 0) is 43.0 Å². The molecule has 4 heterocycles. The summed E-state index contributed by atoms with van der Waals surface area (Å²) in [4.78, 5) is 17.6. The minimum Gasteiger partial charge on any atom is -0.376 e. The molecule has 26 heavy (non-hydrogen) atoms. The Hall–Kier alpha value is -2.60. The third-order valence-electron chi connectivity index (χ3n) is 5.52. The van der Waals surface area contributed by atoms with Gasteiger partial charge in [0.2, 0.25) is 5.91 Å². The van der Waals surface area contributed by atoms with E-state index in [4.69, 9.17) is 9.73 Å². The Morgan fingerprint density at radius 3 is 3.04 bits per heavy atom. The van der Waals surface area contributed by atoms with Gasteiger partial charge in [-0.2, -0.15) is 0 Å². The van der Waals surface area contributed by atoms with E-state index in [1.54, 1.807) is 0 Å². The molecule has 1 amide bonds. The van der Waals surface area contributed by atoms with E-state index in [-0.39, 0.29) is 17.9 Å². The van der Waals surface area contributed by atoms with Crippen molar-refractivity contribution in [2.45, 2.75) is 31.8 Å². The standard InChI is InChI=1S/C20H22N4O2/c1-13-8-9-24-19(13)18(21-12-23(24)11-14-5-4-10-26-14)17-15-6-2-3-7-16(15)22-20(17)25/h2-3,6-9,14,17H,4-5,10-12H2,1H3,(H,22,25). The van der Waals surface area contributed by atoms with Crippen LogP contribution in [0.4, 0.5) is 5.69 Å². The molecule has 2 unspecified atom stereocenters. The number of hydrogen-bond donors (Lipinski definition) is 1. The number of hydrogen-bond acceptors (Lipinski definition) is 4. The van der Waals surface area contributed by atoms with Gasteiger partial charge < -0.3 is 10.1 Å². The molecule has 0 radical (unpaired) electrons. The fourth-order valence-electron chi connectivity index (χ4n) is 4.25. The molecule has 1 fully saturated rings. The number of carbonyl (C=O) groups is 1. The molecule has 5 rings (SSSR count). The first-order valence-electron chi connectivity index (χ1n) is 9.21. The zero-order valence-corrected chi connectivity index (χ0v) is 14.8. The molecule has 2 aromatic rings. The number of ether oxygens (including phenoxy) is 1. The summed E-state index contributed by atoms with van der Waals surface area (Å²) in [6.45, 7) is 4.30. The van der Waals surface area contributed by atoms with Crippen LogP contribution in [-0.4, -0.2) is 42.2 Å². The van der Waals surface area contributed by atoms with E-state index < -0.39 is 0 Å². The van der Waals surface area contributed by atoms with Gasteiger partial charge in [-0.25, -0.2) is 0 Å². The average Bonchev–Trinajstić information content (AvgIpc) is 3.35. The number of benzene rings is 1. The summed E-state index contributed by atoms with van der Waals surface area (Å²) in [5.41, 5.74) is 4.93. The number of nitrogens with one attached hydrogen (secondary N) is 1. The SMILES string of the molecule is Cc1ccn2c1C(C1C(=O)Nc3ccccc31)=NCN2CC1CCCO1. The lowest BCUT2D eigenvalue weighted by Gasteiger charge is -2.33. The molecule has 6 heteroatoms. The van der Waals surface area contributed by atoms with E-state index in [0.717, 1.165) is 54.2 Å². The molecule has 1 aromatic carbocycles. The molecule has 3 aliphatic heterocycles. The van der Waals surface area contributed by atoms with Gasteiger partial charge in [-0.3, -0.25) is 19.5 Å². The zero-order valence-electron chi connectivity index (χ0n) is 14.8. The van der Waals surface area contributed by atoms with Gasteiger partial charge in [-0.15, -0.1) is 0 Å². The number of para-hydroxylation sites is 1. The third-order valence-corrected chi connectivity index (χ3v) is 5.52. The van der Waals surface area contributed by atoms with Crippen LogP contribution in [0, 0.1) is 6.92 Å². The van der Waals surface area contributed by atoms with Crippen molar-refractivity contribution in [2.24, 2.45) is 4.99 Å². The Balaban J connectivity index is 1.52. The number of nitrogens with zero attached hydrogens (tertiary/aromatic N) is 3. The van der Waals surface area contributed by atoms with Gasteiger partial charge in [-0.1, -0.05) is 18.2 Å². The van der Waals surface area contributed by atoms with Crippen LogP contribution in [-0.2, 0) is 9.53 Å². The number of aryl methyl sites for hydroxylation is 1. The molecular formula is C20H22N4O2. The summed E-state index contributed by atoms with van der Waals surface area (Å²) in [5.74, 6) is -0.340. The molecule has 134 valence electrons. The van der Waals surface area contributed by atoms with Crippen molar-refractivity contribution < 1.29 is 9.53 Å². The Labute approximate surface area is 152 Å². The number of fused-ring (bicyclic) bond motifs is 2. The van der Waals surface area contributed by atoms with Gasteiger partial charge in [0.15, 0.2) is 0 Å². The fourth-order valence-corrected chi connectivity index (χ4v) is 4.25. The highest BCUT2D eigenvalue weighted by atomic mass is 16.5. The molecule has 0 aliphatic carbocycles. The van der Waals surface area contributed by atoms with Gasteiger partial charge in [0.25, 0.3) is 0 Å². The lowest BCUT2D eigenvalue weighted by atomic mass is 9.92. The maximum Gasteiger partial charge on any atom is 0.238 e. The van der Waals surface area contributed by atoms with Crippen molar-refractivity contribution in [2.75, 3.05) is 30.1 Å². The van der Waals surface area contributed by atoms with Crippen molar-refractivity contribution in [1.29, 1.82) is 0 Å².